The van der Waals surface area contributed by atoms with Crippen LogP contribution in [0.25, 0.3) is 0 Å². The molecular weight excluding hydrogens is 634 g/mol. The van der Waals surface area contributed by atoms with E-state index in [1.54, 1.807) is 19.9 Å². The van der Waals surface area contributed by atoms with Crippen molar-refractivity contribution in [3.8, 4) is 0 Å². The van der Waals surface area contributed by atoms with E-state index in [9.17, 15) is 26.3 Å². The van der Waals surface area contributed by atoms with Gasteiger partial charge in [0.15, 0.2) is 0 Å². The Kier molecular flexibility index (Phi) is 11.6. The number of likely N-dealkylation sites (tertiary alicyclic amines) is 1. The van der Waals surface area contributed by atoms with Gasteiger partial charge in [-0.15, -0.1) is 0 Å². The summed E-state index contributed by atoms with van der Waals surface area (Å²) in [6, 6.07) is 6.82. The number of nitrogens with zero attached hydrogens (tertiary/aromatic N) is 7. The maximum absolute atomic E-state index is 13.7. The molecule has 0 saturated carbocycles. The van der Waals surface area contributed by atoms with Crippen LogP contribution in [0, 0.1) is 19.8 Å². The lowest BCUT2D eigenvalue weighted by Gasteiger charge is -2.36. The number of aryl methyl sites for hydroxylation is 2. The maximum atomic E-state index is 13.7. The van der Waals surface area contributed by atoms with Gasteiger partial charge in [-0.3, -0.25) is 0 Å². The Labute approximate surface area is 276 Å². The fourth-order valence-corrected chi connectivity index (χ4v) is 5.72. The Bertz CT molecular complexity index is 1670. The number of alkyl halides is 6. The summed E-state index contributed by atoms with van der Waals surface area (Å²) < 4.78 is 81.1. The Morgan fingerprint density at radius 3 is 2.29 bits per heavy atom. The minimum absolute atomic E-state index is 0.00126. The van der Waals surface area contributed by atoms with Gasteiger partial charge >= 0.3 is 12.4 Å². The quantitative estimate of drug-likeness (QED) is 0.131. The van der Waals surface area contributed by atoms with Crippen LogP contribution >= 0.6 is 0 Å². The van der Waals surface area contributed by atoms with Crippen molar-refractivity contribution in [2.45, 2.75) is 85.5 Å². The molecule has 1 N–H and O–H groups in total. The Balaban J connectivity index is 1.62. The van der Waals surface area contributed by atoms with Crippen LogP contribution < -0.4 is 5.32 Å². The van der Waals surface area contributed by atoms with E-state index < -0.39 is 23.7 Å². The van der Waals surface area contributed by atoms with Gasteiger partial charge in [-0.05, 0) is 70.7 Å². The van der Waals surface area contributed by atoms with Gasteiger partial charge in [0.1, 0.15) is 11.6 Å². The molecule has 1 aliphatic heterocycles. The normalized spacial score (nSPS) is 16.3. The lowest BCUT2D eigenvalue weighted by Crippen LogP contribution is -2.36. The minimum Gasteiger partial charge on any atom is -0.358 e. The molecule has 8 nitrogen and oxygen atoms in total. The number of halogens is 6. The zero-order valence-corrected chi connectivity index (χ0v) is 27.8. The zero-order chi connectivity index (χ0) is 35.2. The predicted molar refractivity (Wildman–Crippen MR) is 174 cm³/mol. The fraction of sp³-hybridized carbons (Fsp3) is 0.471. The van der Waals surface area contributed by atoms with Gasteiger partial charge < -0.3 is 10.2 Å². The van der Waals surface area contributed by atoms with Crippen molar-refractivity contribution in [3.63, 3.8) is 0 Å². The number of hydrogen-bond acceptors (Lipinski definition) is 8. The van der Waals surface area contributed by atoms with Crippen molar-refractivity contribution < 1.29 is 26.3 Å². The smallest absolute Gasteiger partial charge is 0.358 e. The predicted octanol–water partition coefficient (Wildman–Crippen LogP) is 8.72. The third-order valence-corrected chi connectivity index (χ3v) is 8.26. The first-order valence-corrected chi connectivity index (χ1v) is 15.9. The number of rotatable bonds is 10. The van der Waals surface area contributed by atoms with Gasteiger partial charge in [0.2, 0.25) is 5.82 Å². The van der Waals surface area contributed by atoms with Gasteiger partial charge in [0.05, 0.1) is 39.8 Å². The molecule has 2 aromatic heterocycles. The van der Waals surface area contributed by atoms with E-state index >= 15 is 0 Å². The molecule has 48 heavy (non-hydrogen) atoms. The fourth-order valence-electron chi connectivity index (χ4n) is 5.72. The first-order valence-electron chi connectivity index (χ1n) is 15.9. The van der Waals surface area contributed by atoms with E-state index in [0.29, 0.717) is 73.1 Å². The molecule has 1 atom stereocenters. The number of benzene rings is 1. The Hall–Kier alpha value is -4.36. The molecule has 0 radical (unpaired) electrons. The molecule has 258 valence electrons. The van der Waals surface area contributed by atoms with E-state index in [0.717, 1.165) is 18.0 Å². The highest BCUT2D eigenvalue weighted by atomic mass is 19.4. The molecule has 1 aliphatic rings. The second-order valence-corrected chi connectivity index (χ2v) is 11.8. The number of piperidine rings is 1. The molecule has 14 heteroatoms. The topological polar surface area (TPSA) is 91.5 Å². The standard InChI is InChI=1S/C34H40F6N8/c1-7-11-28(44-26-13-10-9-12-25(26)33(35,36)37)48-18-15-24(16-19-48)31-29(21(4)42-23(6)43-31)22(5)46-47-30(20(3)8-2)27-14-17-41-32(45-27)34(38,39)40/h9-14,17,20,24,44H,7-8,15-16,18-19H2,1-6H3/b28-11-,46-22+,47-30+. The van der Waals surface area contributed by atoms with Gasteiger partial charge in [0, 0.05) is 36.7 Å². The van der Waals surface area contributed by atoms with Crippen molar-refractivity contribution in [2.75, 3.05) is 18.4 Å². The monoisotopic (exact) mass is 674 g/mol. The van der Waals surface area contributed by atoms with Gasteiger partial charge in [-0.2, -0.15) is 36.5 Å². The Morgan fingerprint density at radius 2 is 1.67 bits per heavy atom. The van der Waals surface area contributed by atoms with Crippen LogP contribution in [0.1, 0.15) is 99.2 Å². The van der Waals surface area contributed by atoms with E-state index in [1.165, 1.54) is 18.2 Å². The van der Waals surface area contributed by atoms with E-state index in [2.05, 4.69) is 30.5 Å². The lowest BCUT2D eigenvalue weighted by atomic mass is 9.88. The summed E-state index contributed by atoms with van der Waals surface area (Å²) in [6.45, 7) is 12.2. The first-order chi connectivity index (χ1) is 22.6. The highest BCUT2D eigenvalue weighted by molar-refractivity contribution is 6.03. The number of aromatic nitrogens is 4. The highest BCUT2D eigenvalue weighted by Crippen LogP contribution is 2.37. The highest BCUT2D eigenvalue weighted by Gasteiger charge is 2.36. The first kappa shape index (κ1) is 36.5. The SMILES string of the molecule is CC/C=C(/Nc1ccccc1C(F)(F)F)N1CCC(c2nc(C)nc(C)c2/C(C)=N/N=C(/c2ccnc(C(F)(F)F)n2)C(C)CC)CC1. The maximum Gasteiger partial charge on any atom is 0.451 e. The van der Waals surface area contributed by atoms with Crippen molar-refractivity contribution in [1.82, 2.24) is 24.8 Å². The largest absolute Gasteiger partial charge is 0.451 e. The molecule has 1 fully saturated rings. The molecule has 0 aliphatic carbocycles. The second-order valence-electron chi connectivity index (χ2n) is 11.8. The number of para-hydroxylation sites is 1. The van der Waals surface area contributed by atoms with E-state index in [4.69, 9.17) is 4.98 Å². The summed E-state index contributed by atoms with van der Waals surface area (Å²) >= 11 is 0. The summed E-state index contributed by atoms with van der Waals surface area (Å²) in [5, 5.41) is 11.9. The molecule has 3 aromatic rings. The summed E-state index contributed by atoms with van der Waals surface area (Å²) in [7, 11) is 0. The average Bonchev–Trinajstić information content (AvgIpc) is 3.03. The van der Waals surface area contributed by atoms with Crippen LogP contribution in [0.5, 0.6) is 0 Å². The molecule has 0 bridgehead atoms. The number of allylic oxidation sites excluding steroid dienone is 1. The number of nitrogens with one attached hydrogen (secondary N) is 1. The molecule has 1 aromatic carbocycles. The van der Waals surface area contributed by atoms with Crippen LogP contribution in [0.15, 0.2) is 58.6 Å². The lowest BCUT2D eigenvalue weighted by molar-refractivity contribution is -0.145. The van der Waals surface area contributed by atoms with Crippen LogP contribution in [0.3, 0.4) is 0 Å². The number of hydrogen-bond donors (Lipinski definition) is 1. The van der Waals surface area contributed by atoms with Gasteiger partial charge in [0.25, 0.3) is 0 Å². The van der Waals surface area contributed by atoms with Crippen LogP contribution in [0.4, 0.5) is 32.0 Å². The number of anilines is 1. The average molecular weight is 675 g/mol. The van der Waals surface area contributed by atoms with Crippen molar-refractivity contribution in [2.24, 2.45) is 16.1 Å². The molecule has 3 heterocycles. The second kappa shape index (κ2) is 15.2. The molecular formula is C34H40F6N8. The zero-order valence-electron chi connectivity index (χ0n) is 27.8. The van der Waals surface area contributed by atoms with E-state index in [-0.39, 0.29) is 23.2 Å². The summed E-state index contributed by atoms with van der Waals surface area (Å²) in [6.07, 6.45) is -3.68. The van der Waals surface area contributed by atoms with E-state index in [1.807, 2.05) is 38.7 Å². The van der Waals surface area contributed by atoms with Gasteiger partial charge in [-0.25, -0.2) is 19.9 Å². The van der Waals surface area contributed by atoms with Crippen molar-refractivity contribution >= 4 is 17.1 Å². The van der Waals surface area contributed by atoms with Crippen LogP contribution in [-0.4, -0.2) is 49.3 Å². The molecule has 1 unspecified atom stereocenters. The van der Waals surface area contributed by atoms with Gasteiger partial charge in [-0.1, -0.05) is 32.9 Å². The molecule has 1 saturated heterocycles. The summed E-state index contributed by atoms with van der Waals surface area (Å²) in [5.41, 5.74) is 2.33. The van der Waals surface area contributed by atoms with Crippen LogP contribution in [-0.2, 0) is 12.4 Å². The third-order valence-electron chi connectivity index (χ3n) is 8.26. The van der Waals surface area contributed by atoms with Crippen LogP contribution in [0.2, 0.25) is 0 Å². The molecule has 4 rings (SSSR count). The third kappa shape index (κ3) is 8.75. The molecule has 0 spiro atoms. The van der Waals surface area contributed by atoms with Crippen molar-refractivity contribution in [1.29, 1.82) is 0 Å². The summed E-state index contributed by atoms with van der Waals surface area (Å²) in [4.78, 5) is 18.5. The summed E-state index contributed by atoms with van der Waals surface area (Å²) in [5.74, 6) is -0.279. The molecule has 0 amide bonds. The Morgan fingerprint density at radius 1 is 0.979 bits per heavy atom. The minimum atomic E-state index is -4.70. The van der Waals surface area contributed by atoms with Crippen molar-refractivity contribution in [3.05, 3.63) is 88.3 Å².